The predicted octanol–water partition coefficient (Wildman–Crippen LogP) is 1.24. The molecule has 2 N–H and O–H groups in total. The van der Waals surface area contributed by atoms with Crippen molar-refractivity contribution in [2.75, 3.05) is 18.9 Å². The predicted molar refractivity (Wildman–Crippen MR) is 61.9 cm³/mol. The number of nitrogens with two attached hydrogens (primary N) is 1. The van der Waals surface area contributed by atoms with Gasteiger partial charge < -0.3 is 19.9 Å². The van der Waals surface area contributed by atoms with Gasteiger partial charge in [-0.1, -0.05) is 11.6 Å². The topological polar surface area (TPSA) is 79.5 Å². The molecule has 0 spiro atoms. The molecule has 2 heterocycles. The minimum absolute atomic E-state index is 0.137. The molecule has 1 atom stereocenters. The van der Waals surface area contributed by atoms with Crippen molar-refractivity contribution in [3.8, 4) is 5.88 Å². The number of hydrogen-bond donors (Lipinski definition) is 1. The van der Waals surface area contributed by atoms with Crippen LogP contribution in [0.1, 0.15) is 13.8 Å². The van der Waals surface area contributed by atoms with Gasteiger partial charge in [0.25, 0.3) is 5.88 Å². The van der Waals surface area contributed by atoms with Gasteiger partial charge >= 0.3 is 0 Å². The van der Waals surface area contributed by atoms with Crippen molar-refractivity contribution in [2.45, 2.75) is 25.7 Å². The van der Waals surface area contributed by atoms with Crippen LogP contribution in [0.3, 0.4) is 0 Å². The van der Waals surface area contributed by atoms with Crippen LogP contribution in [-0.2, 0) is 9.47 Å². The molecule has 17 heavy (non-hydrogen) atoms. The zero-order valence-corrected chi connectivity index (χ0v) is 10.4. The van der Waals surface area contributed by atoms with Gasteiger partial charge in [0.15, 0.2) is 10.9 Å². The molecule has 1 unspecified atom stereocenters. The molecular weight excluding hydrogens is 246 g/mol. The highest BCUT2D eigenvalue weighted by atomic mass is 35.5. The van der Waals surface area contributed by atoms with Gasteiger partial charge in [0.1, 0.15) is 12.7 Å². The van der Waals surface area contributed by atoms with E-state index >= 15 is 0 Å². The summed E-state index contributed by atoms with van der Waals surface area (Å²) in [6.45, 7) is 4.49. The molecule has 0 saturated carbocycles. The van der Waals surface area contributed by atoms with E-state index in [0.717, 1.165) is 0 Å². The third-order valence-electron chi connectivity index (χ3n) is 2.23. The van der Waals surface area contributed by atoms with Crippen molar-refractivity contribution in [1.29, 1.82) is 0 Å². The molecule has 2 rings (SSSR count). The smallest absolute Gasteiger partial charge is 0.257 e. The Hall–Kier alpha value is -1.11. The Bertz CT molecular complexity index is 414. The second-order valence-corrected chi connectivity index (χ2v) is 4.58. The Morgan fingerprint density at radius 1 is 1.59 bits per heavy atom. The Morgan fingerprint density at radius 3 is 2.94 bits per heavy atom. The van der Waals surface area contributed by atoms with E-state index in [1.165, 1.54) is 6.07 Å². The fourth-order valence-electron chi connectivity index (χ4n) is 1.50. The molecule has 7 heteroatoms. The number of hydrogen-bond acceptors (Lipinski definition) is 6. The van der Waals surface area contributed by atoms with Crippen LogP contribution < -0.4 is 10.5 Å². The van der Waals surface area contributed by atoms with Gasteiger partial charge in [0.2, 0.25) is 0 Å². The largest absolute Gasteiger partial charge is 0.472 e. The Morgan fingerprint density at radius 2 is 2.35 bits per heavy atom. The first-order chi connectivity index (χ1) is 7.96. The molecule has 0 aliphatic carbocycles. The normalized spacial score (nSPS) is 22.6. The maximum Gasteiger partial charge on any atom is 0.257 e. The highest BCUT2D eigenvalue weighted by molar-refractivity contribution is 6.29. The summed E-state index contributed by atoms with van der Waals surface area (Å²) in [5.74, 6) is -0.312. The van der Waals surface area contributed by atoms with E-state index in [4.69, 9.17) is 31.5 Å². The second-order valence-electron chi connectivity index (χ2n) is 4.19. The maximum absolute atomic E-state index is 5.68. The lowest BCUT2D eigenvalue weighted by Crippen LogP contribution is -2.25. The van der Waals surface area contributed by atoms with Gasteiger partial charge in [0, 0.05) is 6.07 Å². The lowest BCUT2D eigenvalue weighted by molar-refractivity contribution is -0.141. The number of halogens is 1. The van der Waals surface area contributed by atoms with E-state index in [2.05, 4.69) is 10.2 Å². The van der Waals surface area contributed by atoms with Gasteiger partial charge in [-0.15, -0.1) is 10.2 Å². The van der Waals surface area contributed by atoms with Crippen LogP contribution in [-0.4, -0.2) is 35.3 Å². The fourth-order valence-corrected chi connectivity index (χ4v) is 1.65. The van der Waals surface area contributed by atoms with Gasteiger partial charge in [-0.2, -0.15) is 0 Å². The molecule has 1 fully saturated rings. The van der Waals surface area contributed by atoms with Crippen LogP contribution in [0.2, 0.25) is 5.15 Å². The number of ether oxygens (including phenoxy) is 3. The Labute approximate surface area is 104 Å². The summed E-state index contributed by atoms with van der Waals surface area (Å²) in [5.41, 5.74) is 6.03. The molecule has 6 nitrogen and oxygen atoms in total. The minimum Gasteiger partial charge on any atom is -0.472 e. The second kappa shape index (κ2) is 4.64. The van der Waals surface area contributed by atoms with Crippen LogP contribution in [0, 0.1) is 0 Å². The molecule has 0 radical (unpaired) electrons. The van der Waals surface area contributed by atoms with Crippen molar-refractivity contribution in [3.63, 3.8) is 0 Å². The quantitative estimate of drug-likeness (QED) is 0.880. The summed E-state index contributed by atoms with van der Waals surface area (Å²) in [7, 11) is 0. The standard InChI is InChI=1S/C10H14ClN3O3/c1-10(2)16-5-6(17-10)4-15-9-7(12)3-8(11)13-14-9/h3,6H,4-5H2,1-2H3,(H2,12,13). The van der Waals surface area contributed by atoms with E-state index in [0.29, 0.717) is 18.9 Å². The molecule has 1 aliphatic rings. The van der Waals surface area contributed by atoms with Gasteiger partial charge in [-0.3, -0.25) is 0 Å². The van der Waals surface area contributed by atoms with Gasteiger partial charge in [-0.05, 0) is 13.8 Å². The van der Waals surface area contributed by atoms with Crippen molar-refractivity contribution in [3.05, 3.63) is 11.2 Å². The lowest BCUT2D eigenvalue weighted by Gasteiger charge is -2.17. The average Bonchev–Trinajstić information content (AvgIpc) is 2.57. The van der Waals surface area contributed by atoms with Crippen molar-refractivity contribution in [2.24, 2.45) is 0 Å². The first-order valence-corrected chi connectivity index (χ1v) is 5.57. The Balaban J connectivity index is 1.90. The van der Waals surface area contributed by atoms with Crippen LogP contribution in [0.25, 0.3) is 0 Å². The molecule has 1 aromatic heterocycles. The fraction of sp³-hybridized carbons (Fsp3) is 0.600. The van der Waals surface area contributed by atoms with E-state index in [1.54, 1.807) is 0 Å². The third kappa shape index (κ3) is 3.18. The van der Waals surface area contributed by atoms with E-state index in [-0.39, 0.29) is 17.1 Å². The van der Waals surface area contributed by atoms with E-state index in [9.17, 15) is 0 Å². The van der Waals surface area contributed by atoms with Crippen LogP contribution in [0.15, 0.2) is 6.07 Å². The number of nitrogen functional groups attached to an aromatic ring is 1. The molecule has 1 aromatic rings. The summed E-state index contributed by atoms with van der Waals surface area (Å²) in [6, 6.07) is 1.49. The highest BCUT2D eigenvalue weighted by Gasteiger charge is 2.33. The maximum atomic E-state index is 5.68. The molecule has 1 aliphatic heterocycles. The van der Waals surface area contributed by atoms with Crippen LogP contribution >= 0.6 is 11.6 Å². The van der Waals surface area contributed by atoms with Gasteiger partial charge in [0.05, 0.1) is 12.3 Å². The molecule has 94 valence electrons. The molecule has 1 saturated heterocycles. The van der Waals surface area contributed by atoms with E-state index in [1.807, 2.05) is 13.8 Å². The number of aromatic nitrogens is 2. The molecule has 0 amide bonds. The van der Waals surface area contributed by atoms with E-state index < -0.39 is 5.79 Å². The zero-order chi connectivity index (χ0) is 12.5. The van der Waals surface area contributed by atoms with Crippen LogP contribution in [0.5, 0.6) is 5.88 Å². The van der Waals surface area contributed by atoms with Crippen molar-refractivity contribution >= 4 is 17.3 Å². The van der Waals surface area contributed by atoms with Crippen LogP contribution in [0.4, 0.5) is 5.69 Å². The summed E-state index contributed by atoms with van der Waals surface area (Å²) >= 11 is 5.63. The first kappa shape index (κ1) is 12.3. The molecule has 0 aromatic carbocycles. The third-order valence-corrected chi connectivity index (χ3v) is 2.42. The monoisotopic (exact) mass is 259 g/mol. The SMILES string of the molecule is CC1(C)OCC(COc2nnc(Cl)cc2N)O1. The molecule has 0 bridgehead atoms. The number of anilines is 1. The lowest BCUT2D eigenvalue weighted by atomic mass is 10.4. The number of rotatable bonds is 3. The summed E-state index contributed by atoms with van der Waals surface area (Å²) in [6.07, 6.45) is -0.137. The van der Waals surface area contributed by atoms with Gasteiger partial charge in [-0.25, -0.2) is 0 Å². The van der Waals surface area contributed by atoms with Crippen molar-refractivity contribution in [1.82, 2.24) is 10.2 Å². The van der Waals surface area contributed by atoms with Crippen molar-refractivity contribution < 1.29 is 14.2 Å². The average molecular weight is 260 g/mol. The highest BCUT2D eigenvalue weighted by Crippen LogP contribution is 2.24. The first-order valence-electron chi connectivity index (χ1n) is 5.19. The molecular formula is C10H14ClN3O3. The summed E-state index contributed by atoms with van der Waals surface area (Å²) in [5, 5.41) is 7.63. The minimum atomic E-state index is -0.564. The summed E-state index contributed by atoms with van der Waals surface area (Å²) in [4.78, 5) is 0. The number of nitrogens with zero attached hydrogens (tertiary/aromatic N) is 2. The Kier molecular flexibility index (Phi) is 3.37. The zero-order valence-electron chi connectivity index (χ0n) is 9.64. The summed E-state index contributed by atoms with van der Waals surface area (Å²) < 4.78 is 16.4.